The molecule has 0 fully saturated rings. The molecule has 2 N–H and O–H groups in total. The van der Waals surface area contributed by atoms with E-state index in [0.717, 1.165) is 10.8 Å². The van der Waals surface area contributed by atoms with Gasteiger partial charge in [-0.15, -0.1) is 0 Å². The van der Waals surface area contributed by atoms with Crippen LogP contribution in [0.3, 0.4) is 0 Å². The van der Waals surface area contributed by atoms with Crippen LogP contribution < -0.4 is 10.6 Å². The van der Waals surface area contributed by atoms with Gasteiger partial charge in [-0.1, -0.05) is 52.0 Å². The predicted molar refractivity (Wildman–Crippen MR) is 107 cm³/mol. The Morgan fingerprint density at radius 2 is 1.00 bits per heavy atom. The summed E-state index contributed by atoms with van der Waals surface area (Å²) in [6.07, 6.45) is 0. The highest BCUT2D eigenvalue weighted by atomic mass is 16.2. The van der Waals surface area contributed by atoms with Gasteiger partial charge in [0, 0.05) is 23.2 Å². The first-order valence-corrected chi connectivity index (χ1v) is 9.35. The Labute approximate surface area is 156 Å². The van der Waals surface area contributed by atoms with Crippen LogP contribution in [0, 0.1) is 11.8 Å². The van der Waals surface area contributed by atoms with E-state index >= 15 is 0 Å². The minimum absolute atomic E-state index is 0.0797. The molecule has 4 heteroatoms. The van der Waals surface area contributed by atoms with E-state index < -0.39 is 0 Å². The van der Waals surface area contributed by atoms with Gasteiger partial charge in [-0.3, -0.25) is 9.59 Å². The summed E-state index contributed by atoms with van der Waals surface area (Å²) < 4.78 is 0. The molecule has 2 amide bonds. The topological polar surface area (TPSA) is 58.2 Å². The van der Waals surface area contributed by atoms with Gasteiger partial charge in [0.05, 0.1) is 0 Å². The first-order chi connectivity index (χ1) is 12.2. The van der Waals surface area contributed by atoms with Crippen LogP contribution in [0.5, 0.6) is 0 Å². The summed E-state index contributed by atoms with van der Waals surface area (Å²) in [5, 5.41) is 7.68. The second kappa shape index (κ2) is 8.35. The third-order valence-electron chi connectivity index (χ3n) is 5.13. The summed E-state index contributed by atoms with van der Waals surface area (Å²) in [6.45, 7) is 12.3. The highest BCUT2D eigenvalue weighted by molar-refractivity contribution is 6.14. The number of fused-ring (bicyclic) bond motifs is 1. The standard InChI is InChI=1S/C22H30N2O2/c1-13(2)15(5)23-21(25)19-11-12-20(18-10-8-7-9-17(18)19)22(26)24-16(6)14(3)4/h7-16H,1-6H3,(H,23,25)(H,24,26). The van der Waals surface area contributed by atoms with Crippen molar-refractivity contribution >= 4 is 22.6 Å². The molecule has 0 saturated carbocycles. The number of hydrogen-bond donors (Lipinski definition) is 2. The lowest BCUT2D eigenvalue weighted by Crippen LogP contribution is -2.37. The lowest BCUT2D eigenvalue weighted by molar-refractivity contribution is 0.0921. The summed E-state index contributed by atoms with van der Waals surface area (Å²) in [4.78, 5) is 25.4. The number of rotatable bonds is 6. The maximum Gasteiger partial charge on any atom is 0.252 e. The van der Waals surface area contributed by atoms with Crippen LogP contribution in [0.15, 0.2) is 36.4 Å². The summed E-state index contributed by atoms with van der Waals surface area (Å²) in [7, 11) is 0. The molecule has 0 radical (unpaired) electrons. The van der Waals surface area contributed by atoms with Gasteiger partial charge in [0.2, 0.25) is 0 Å². The molecule has 0 aliphatic rings. The zero-order valence-corrected chi connectivity index (χ0v) is 16.6. The zero-order chi connectivity index (χ0) is 19.4. The fourth-order valence-corrected chi connectivity index (χ4v) is 2.60. The molecule has 0 heterocycles. The quantitative estimate of drug-likeness (QED) is 0.808. The van der Waals surface area contributed by atoms with E-state index in [2.05, 4.69) is 38.3 Å². The van der Waals surface area contributed by atoms with Crippen LogP contribution >= 0.6 is 0 Å². The molecule has 0 aliphatic heterocycles. The van der Waals surface area contributed by atoms with Crippen molar-refractivity contribution < 1.29 is 9.59 Å². The van der Waals surface area contributed by atoms with Crippen LogP contribution in [0.1, 0.15) is 62.3 Å². The highest BCUT2D eigenvalue weighted by Gasteiger charge is 2.19. The molecule has 0 saturated heterocycles. The van der Waals surface area contributed by atoms with E-state index in [-0.39, 0.29) is 23.9 Å². The fourth-order valence-electron chi connectivity index (χ4n) is 2.60. The number of carbonyl (C=O) groups is 2. The van der Waals surface area contributed by atoms with E-state index in [0.29, 0.717) is 23.0 Å². The Kier molecular flexibility index (Phi) is 6.41. The molecule has 0 aromatic heterocycles. The number of nitrogens with one attached hydrogen (secondary N) is 2. The van der Waals surface area contributed by atoms with Crippen molar-refractivity contribution in [1.82, 2.24) is 10.6 Å². The number of benzene rings is 2. The minimum atomic E-state index is -0.107. The Balaban J connectivity index is 2.40. The molecule has 4 nitrogen and oxygen atoms in total. The zero-order valence-electron chi connectivity index (χ0n) is 16.6. The second-order valence-corrected chi connectivity index (χ2v) is 7.72. The van der Waals surface area contributed by atoms with E-state index in [1.165, 1.54) is 0 Å². The van der Waals surface area contributed by atoms with Crippen molar-refractivity contribution in [3.8, 4) is 0 Å². The van der Waals surface area contributed by atoms with Crippen molar-refractivity contribution in [2.75, 3.05) is 0 Å². The summed E-state index contributed by atoms with van der Waals surface area (Å²) in [5.74, 6) is 0.496. The maximum atomic E-state index is 12.7. The average Bonchev–Trinajstić information content (AvgIpc) is 2.60. The molecular weight excluding hydrogens is 324 g/mol. The van der Waals surface area contributed by atoms with Crippen LogP contribution in [-0.2, 0) is 0 Å². The lowest BCUT2D eigenvalue weighted by atomic mass is 9.97. The molecule has 26 heavy (non-hydrogen) atoms. The van der Waals surface area contributed by atoms with Crippen molar-refractivity contribution in [3.05, 3.63) is 47.5 Å². The van der Waals surface area contributed by atoms with Crippen molar-refractivity contribution in [1.29, 1.82) is 0 Å². The van der Waals surface area contributed by atoms with Crippen molar-refractivity contribution in [3.63, 3.8) is 0 Å². The molecule has 2 unspecified atom stereocenters. The van der Waals surface area contributed by atoms with Gasteiger partial charge in [0.1, 0.15) is 0 Å². The van der Waals surface area contributed by atoms with E-state index in [1.54, 1.807) is 12.1 Å². The first-order valence-electron chi connectivity index (χ1n) is 9.35. The Morgan fingerprint density at radius 1 is 0.654 bits per heavy atom. The van der Waals surface area contributed by atoms with Crippen molar-refractivity contribution in [2.24, 2.45) is 11.8 Å². The van der Waals surface area contributed by atoms with Crippen LogP contribution in [0.4, 0.5) is 0 Å². The molecule has 2 atom stereocenters. The number of hydrogen-bond acceptors (Lipinski definition) is 2. The Morgan fingerprint density at radius 3 is 1.31 bits per heavy atom. The first kappa shape index (κ1) is 20.0. The summed E-state index contributed by atoms with van der Waals surface area (Å²) >= 11 is 0. The molecule has 0 spiro atoms. The highest BCUT2D eigenvalue weighted by Crippen LogP contribution is 2.23. The van der Waals surface area contributed by atoms with E-state index in [1.807, 2.05) is 38.1 Å². The van der Waals surface area contributed by atoms with Gasteiger partial charge >= 0.3 is 0 Å². The summed E-state index contributed by atoms with van der Waals surface area (Å²) in [6, 6.07) is 11.2. The number of amides is 2. The molecule has 0 bridgehead atoms. The molecule has 0 aliphatic carbocycles. The Hall–Kier alpha value is -2.36. The predicted octanol–water partition coefficient (Wildman–Crippen LogP) is 4.39. The SMILES string of the molecule is CC(C)C(C)NC(=O)c1ccc(C(=O)NC(C)C(C)C)c2ccccc12. The molecule has 2 aromatic carbocycles. The smallest absolute Gasteiger partial charge is 0.252 e. The average molecular weight is 354 g/mol. The molecular formula is C22H30N2O2. The monoisotopic (exact) mass is 354 g/mol. The lowest BCUT2D eigenvalue weighted by Gasteiger charge is -2.20. The molecule has 140 valence electrons. The van der Waals surface area contributed by atoms with Crippen LogP contribution in [0.25, 0.3) is 10.8 Å². The van der Waals surface area contributed by atoms with Gasteiger partial charge in [-0.05, 0) is 48.6 Å². The van der Waals surface area contributed by atoms with Crippen LogP contribution in [-0.4, -0.2) is 23.9 Å². The maximum absolute atomic E-state index is 12.7. The van der Waals surface area contributed by atoms with Gasteiger partial charge in [-0.2, -0.15) is 0 Å². The van der Waals surface area contributed by atoms with Crippen LogP contribution in [0.2, 0.25) is 0 Å². The third-order valence-corrected chi connectivity index (χ3v) is 5.13. The third kappa shape index (κ3) is 4.43. The van der Waals surface area contributed by atoms with E-state index in [9.17, 15) is 9.59 Å². The summed E-state index contributed by atoms with van der Waals surface area (Å²) in [5.41, 5.74) is 1.20. The van der Waals surface area contributed by atoms with Crippen molar-refractivity contribution in [2.45, 2.75) is 53.6 Å². The van der Waals surface area contributed by atoms with Gasteiger partial charge in [-0.25, -0.2) is 0 Å². The van der Waals surface area contributed by atoms with Gasteiger partial charge in [0.15, 0.2) is 0 Å². The van der Waals surface area contributed by atoms with E-state index in [4.69, 9.17) is 0 Å². The molecule has 2 rings (SSSR count). The number of carbonyl (C=O) groups excluding carboxylic acids is 2. The van der Waals surface area contributed by atoms with Gasteiger partial charge < -0.3 is 10.6 Å². The minimum Gasteiger partial charge on any atom is -0.349 e. The largest absolute Gasteiger partial charge is 0.349 e. The fraction of sp³-hybridized carbons (Fsp3) is 0.455. The van der Waals surface area contributed by atoms with Gasteiger partial charge in [0.25, 0.3) is 11.8 Å². The second-order valence-electron chi connectivity index (χ2n) is 7.72. The Bertz CT molecular complexity index is 729. The molecule has 2 aromatic rings. The normalized spacial score (nSPS) is 13.7.